The van der Waals surface area contributed by atoms with Gasteiger partial charge in [-0.3, -0.25) is 0 Å². The van der Waals surface area contributed by atoms with Crippen LogP contribution in [0.1, 0.15) is 13.8 Å². The zero-order valence-corrected chi connectivity index (χ0v) is 6.63. The van der Waals surface area contributed by atoms with Crippen molar-refractivity contribution in [2.24, 2.45) is 0 Å². The van der Waals surface area contributed by atoms with Crippen molar-refractivity contribution < 1.29 is 13.2 Å². The predicted molar refractivity (Wildman–Crippen MR) is 38.3 cm³/mol. The number of hydrogen-bond donors (Lipinski definition) is 1. The van der Waals surface area contributed by atoms with Crippen LogP contribution in [-0.4, -0.2) is 18.8 Å². The molecule has 0 fully saturated rings. The third-order valence-electron chi connectivity index (χ3n) is 1.12. The van der Waals surface area contributed by atoms with E-state index in [0.717, 1.165) is 0 Å². The molecule has 0 aromatic heterocycles. The van der Waals surface area contributed by atoms with Gasteiger partial charge in [0.25, 0.3) is 0 Å². The molecule has 4 heteroatoms. The van der Waals surface area contributed by atoms with Gasteiger partial charge in [-0.2, -0.15) is 13.2 Å². The van der Waals surface area contributed by atoms with Gasteiger partial charge in [0.2, 0.25) is 0 Å². The van der Waals surface area contributed by atoms with Crippen molar-refractivity contribution in [1.29, 1.82) is 0 Å². The lowest BCUT2D eigenvalue weighted by Gasteiger charge is -2.12. The summed E-state index contributed by atoms with van der Waals surface area (Å²) in [5, 5.41) is 2.63. The van der Waals surface area contributed by atoms with Crippen LogP contribution in [0.5, 0.6) is 0 Å². The van der Waals surface area contributed by atoms with Gasteiger partial charge in [0.15, 0.2) is 0 Å². The van der Waals surface area contributed by atoms with E-state index in [2.05, 4.69) is 11.9 Å². The zero-order chi connectivity index (χ0) is 9.07. The minimum atomic E-state index is -4.26. The second-order valence-corrected chi connectivity index (χ2v) is 2.64. The van der Waals surface area contributed by atoms with Crippen LogP contribution in [0, 0.1) is 0 Å². The molecule has 1 N–H and O–H groups in total. The zero-order valence-electron chi connectivity index (χ0n) is 6.63. The molecular formula is C7H12F3N. The first-order valence-electron chi connectivity index (χ1n) is 3.32. The smallest absolute Gasteiger partial charge is 0.310 e. The second kappa shape index (κ2) is 3.76. The van der Waals surface area contributed by atoms with Gasteiger partial charge in [-0.1, -0.05) is 20.4 Å². The van der Waals surface area contributed by atoms with Crippen LogP contribution in [0.15, 0.2) is 12.2 Å². The Morgan fingerprint density at radius 2 is 1.91 bits per heavy atom. The Labute approximate surface area is 64.3 Å². The number of hydrogen-bond acceptors (Lipinski definition) is 1. The molecule has 0 bridgehead atoms. The molecule has 0 spiro atoms. The minimum absolute atomic E-state index is 0.0501. The Kier molecular flexibility index (Phi) is 3.58. The fourth-order valence-corrected chi connectivity index (χ4v) is 0.428. The Hall–Kier alpha value is -0.510. The van der Waals surface area contributed by atoms with Crippen molar-refractivity contribution in [3.05, 3.63) is 12.2 Å². The summed E-state index contributed by atoms with van der Waals surface area (Å²) in [6, 6.07) is 0.0501. The first kappa shape index (κ1) is 10.5. The standard InChI is InChI=1S/C7H12F3N/c1-5(2)11-4-6(3)7(8,9)10/h5,11H,3-4H2,1-2H3. The lowest BCUT2D eigenvalue weighted by molar-refractivity contribution is -0.0926. The van der Waals surface area contributed by atoms with Gasteiger partial charge in [-0.15, -0.1) is 0 Å². The maximum Gasteiger partial charge on any atom is 0.413 e. The highest BCUT2D eigenvalue weighted by Crippen LogP contribution is 2.22. The average molecular weight is 167 g/mol. The van der Waals surface area contributed by atoms with Crippen molar-refractivity contribution in [3.63, 3.8) is 0 Å². The fourth-order valence-electron chi connectivity index (χ4n) is 0.428. The van der Waals surface area contributed by atoms with Gasteiger partial charge in [-0.25, -0.2) is 0 Å². The molecule has 0 aromatic carbocycles. The summed E-state index contributed by atoms with van der Waals surface area (Å²) in [7, 11) is 0. The molecule has 0 aliphatic rings. The van der Waals surface area contributed by atoms with E-state index in [1.165, 1.54) is 0 Å². The van der Waals surface area contributed by atoms with Crippen LogP contribution >= 0.6 is 0 Å². The Morgan fingerprint density at radius 3 is 2.18 bits per heavy atom. The van der Waals surface area contributed by atoms with E-state index >= 15 is 0 Å². The molecule has 0 aliphatic heterocycles. The lowest BCUT2D eigenvalue weighted by Crippen LogP contribution is -2.29. The van der Waals surface area contributed by atoms with Crippen molar-refractivity contribution >= 4 is 0 Å². The SMILES string of the molecule is C=C(CNC(C)C)C(F)(F)F. The van der Waals surface area contributed by atoms with Crippen molar-refractivity contribution in [2.45, 2.75) is 26.1 Å². The lowest BCUT2D eigenvalue weighted by atomic mass is 10.3. The second-order valence-electron chi connectivity index (χ2n) is 2.64. The maximum atomic E-state index is 11.8. The van der Waals surface area contributed by atoms with E-state index in [9.17, 15) is 13.2 Å². The summed E-state index contributed by atoms with van der Waals surface area (Å²) < 4.78 is 35.3. The van der Waals surface area contributed by atoms with E-state index in [1.807, 2.05) is 0 Å². The van der Waals surface area contributed by atoms with E-state index in [-0.39, 0.29) is 12.6 Å². The van der Waals surface area contributed by atoms with E-state index in [4.69, 9.17) is 0 Å². The molecule has 11 heavy (non-hydrogen) atoms. The van der Waals surface area contributed by atoms with Crippen LogP contribution in [0.2, 0.25) is 0 Å². The first-order valence-corrected chi connectivity index (χ1v) is 3.32. The van der Waals surface area contributed by atoms with Gasteiger partial charge in [0, 0.05) is 18.2 Å². The normalized spacial score (nSPS) is 12.2. The summed E-state index contributed by atoms with van der Waals surface area (Å²) in [5.41, 5.74) is -0.730. The summed E-state index contributed by atoms with van der Waals surface area (Å²) in [6.07, 6.45) is -4.26. The molecule has 66 valence electrons. The molecule has 0 aliphatic carbocycles. The van der Waals surface area contributed by atoms with Crippen molar-refractivity contribution in [3.8, 4) is 0 Å². The van der Waals surface area contributed by atoms with Crippen LogP contribution in [-0.2, 0) is 0 Å². The van der Waals surface area contributed by atoms with Gasteiger partial charge in [-0.05, 0) is 0 Å². The topological polar surface area (TPSA) is 12.0 Å². The molecule has 0 aromatic rings. The van der Waals surface area contributed by atoms with E-state index in [0.29, 0.717) is 0 Å². The summed E-state index contributed by atoms with van der Waals surface area (Å²) >= 11 is 0. The minimum Gasteiger partial charge on any atom is -0.310 e. The highest BCUT2D eigenvalue weighted by Gasteiger charge is 2.31. The molecule has 0 saturated heterocycles. The van der Waals surface area contributed by atoms with Crippen LogP contribution in [0.25, 0.3) is 0 Å². The number of rotatable bonds is 3. The molecular weight excluding hydrogens is 155 g/mol. The average Bonchev–Trinajstić information content (AvgIpc) is 1.80. The van der Waals surface area contributed by atoms with Crippen LogP contribution < -0.4 is 5.32 Å². The molecule has 0 atom stereocenters. The van der Waals surface area contributed by atoms with E-state index < -0.39 is 11.7 Å². The van der Waals surface area contributed by atoms with E-state index in [1.54, 1.807) is 13.8 Å². The Balaban J connectivity index is 3.71. The summed E-state index contributed by atoms with van der Waals surface area (Å²) in [4.78, 5) is 0. The number of alkyl halides is 3. The van der Waals surface area contributed by atoms with Crippen molar-refractivity contribution in [1.82, 2.24) is 5.32 Å². The third-order valence-corrected chi connectivity index (χ3v) is 1.12. The monoisotopic (exact) mass is 167 g/mol. The quantitative estimate of drug-likeness (QED) is 0.635. The van der Waals surface area contributed by atoms with Gasteiger partial charge in [0.05, 0.1) is 0 Å². The molecule has 0 heterocycles. The maximum absolute atomic E-state index is 11.8. The van der Waals surface area contributed by atoms with Gasteiger partial charge >= 0.3 is 6.18 Å². The highest BCUT2D eigenvalue weighted by atomic mass is 19.4. The summed E-state index contributed by atoms with van der Waals surface area (Å²) in [5.74, 6) is 0. The predicted octanol–water partition coefficient (Wildman–Crippen LogP) is 2.10. The molecule has 0 saturated carbocycles. The molecule has 0 radical (unpaired) electrons. The largest absolute Gasteiger partial charge is 0.413 e. The Morgan fingerprint density at radius 1 is 1.45 bits per heavy atom. The molecule has 0 rings (SSSR count). The number of nitrogens with one attached hydrogen (secondary N) is 1. The number of halogens is 3. The third kappa shape index (κ3) is 4.84. The fraction of sp³-hybridized carbons (Fsp3) is 0.714. The highest BCUT2D eigenvalue weighted by molar-refractivity contribution is 5.04. The Bertz CT molecular complexity index is 137. The van der Waals surface area contributed by atoms with Crippen molar-refractivity contribution in [2.75, 3.05) is 6.54 Å². The van der Waals surface area contributed by atoms with Crippen LogP contribution in [0.3, 0.4) is 0 Å². The van der Waals surface area contributed by atoms with Gasteiger partial charge < -0.3 is 5.32 Å². The molecule has 0 unspecified atom stereocenters. The first-order chi connectivity index (χ1) is 4.84. The summed E-state index contributed by atoms with van der Waals surface area (Å²) in [6.45, 7) is 6.28. The van der Waals surface area contributed by atoms with Gasteiger partial charge in [0.1, 0.15) is 0 Å². The molecule has 1 nitrogen and oxygen atoms in total. The molecule has 0 amide bonds. The van der Waals surface area contributed by atoms with Crippen LogP contribution in [0.4, 0.5) is 13.2 Å².